The lowest BCUT2D eigenvalue weighted by Crippen LogP contribution is -2.49. The molecule has 5 nitrogen and oxygen atoms in total. The first-order valence-electron chi connectivity index (χ1n) is 5.67. The molecule has 116 valence electrons. The highest BCUT2D eigenvalue weighted by Gasteiger charge is 2.51. The third-order valence-electron chi connectivity index (χ3n) is 2.54. The number of carbonyl (C=O) groups excluding carboxylic acids is 2. The number of hydrogen-bond acceptors (Lipinski definition) is 3. The molecule has 0 unspecified atom stereocenters. The molecule has 0 aliphatic heterocycles. The highest BCUT2D eigenvalue weighted by molar-refractivity contribution is 6.30. The summed E-state index contributed by atoms with van der Waals surface area (Å²) in [7, 11) is 0. The van der Waals surface area contributed by atoms with Crippen molar-refractivity contribution in [1.82, 2.24) is 10.9 Å². The monoisotopic (exact) mass is 324 g/mol. The number of hydrazine groups is 1. The third-order valence-corrected chi connectivity index (χ3v) is 2.79. The van der Waals surface area contributed by atoms with Crippen molar-refractivity contribution in [3.63, 3.8) is 0 Å². The molecule has 0 heterocycles. The van der Waals surface area contributed by atoms with Gasteiger partial charge in [-0.05, 0) is 31.2 Å². The van der Waals surface area contributed by atoms with Crippen LogP contribution in [0.15, 0.2) is 24.3 Å². The summed E-state index contributed by atoms with van der Waals surface area (Å²) in [6.45, 7) is 0.466. The number of halogens is 4. The van der Waals surface area contributed by atoms with Crippen molar-refractivity contribution < 1.29 is 27.9 Å². The zero-order valence-corrected chi connectivity index (χ0v) is 11.5. The molecule has 0 fully saturated rings. The minimum absolute atomic E-state index is 0.155. The van der Waals surface area contributed by atoms with Crippen LogP contribution in [0.3, 0.4) is 0 Å². The van der Waals surface area contributed by atoms with Crippen molar-refractivity contribution in [3.05, 3.63) is 34.9 Å². The van der Waals surface area contributed by atoms with Crippen LogP contribution in [0.5, 0.6) is 0 Å². The van der Waals surface area contributed by atoms with Crippen LogP contribution in [0.25, 0.3) is 0 Å². The van der Waals surface area contributed by atoms with E-state index in [-0.39, 0.29) is 5.56 Å². The smallest absolute Gasteiger partial charge is 0.380 e. The van der Waals surface area contributed by atoms with Gasteiger partial charge in [0.25, 0.3) is 5.91 Å². The van der Waals surface area contributed by atoms with Crippen molar-refractivity contribution in [1.29, 1.82) is 0 Å². The fourth-order valence-corrected chi connectivity index (χ4v) is 1.38. The minimum Gasteiger partial charge on any atom is -0.380 e. The molecule has 0 aliphatic carbocycles. The third kappa shape index (κ3) is 4.91. The Hall–Kier alpha value is -1.80. The number of benzene rings is 1. The predicted molar refractivity (Wildman–Crippen MR) is 68.4 cm³/mol. The topological polar surface area (TPSA) is 78.4 Å². The first kappa shape index (κ1) is 17.3. The van der Waals surface area contributed by atoms with Crippen molar-refractivity contribution in [3.8, 4) is 0 Å². The number of carbonyl (C=O) groups is 2. The van der Waals surface area contributed by atoms with Gasteiger partial charge in [0.15, 0.2) is 5.60 Å². The van der Waals surface area contributed by atoms with E-state index in [9.17, 15) is 22.8 Å². The van der Waals surface area contributed by atoms with E-state index in [4.69, 9.17) is 16.7 Å². The summed E-state index contributed by atoms with van der Waals surface area (Å²) in [5.74, 6) is -1.91. The van der Waals surface area contributed by atoms with Crippen LogP contribution in [-0.4, -0.2) is 28.7 Å². The zero-order valence-electron chi connectivity index (χ0n) is 10.8. The van der Waals surface area contributed by atoms with E-state index in [1.165, 1.54) is 24.3 Å². The van der Waals surface area contributed by atoms with Gasteiger partial charge < -0.3 is 5.11 Å². The highest BCUT2D eigenvalue weighted by Crippen LogP contribution is 2.32. The molecule has 0 aromatic heterocycles. The second-order valence-electron chi connectivity index (χ2n) is 4.46. The summed E-state index contributed by atoms with van der Waals surface area (Å²) < 4.78 is 37.1. The Kier molecular flexibility index (Phi) is 5.19. The number of alkyl halides is 3. The van der Waals surface area contributed by atoms with Crippen LogP contribution >= 0.6 is 11.6 Å². The summed E-state index contributed by atoms with van der Waals surface area (Å²) in [5, 5.41) is 9.52. The van der Waals surface area contributed by atoms with Gasteiger partial charge in [0.2, 0.25) is 5.91 Å². The molecule has 0 saturated carbocycles. The summed E-state index contributed by atoms with van der Waals surface area (Å²) in [5.41, 5.74) is 0.701. The lowest BCUT2D eigenvalue weighted by Gasteiger charge is -2.25. The molecule has 21 heavy (non-hydrogen) atoms. The van der Waals surface area contributed by atoms with Gasteiger partial charge >= 0.3 is 6.18 Å². The maximum atomic E-state index is 12.4. The van der Waals surface area contributed by atoms with Gasteiger partial charge in [0.05, 0.1) is 6.42 Å². The molecular formula is C12H12ClF3N2O3. The van der Waals surface area contributed by atoms with Crippen LogP contribution < -0.4 is 10.9 Å². The second kappa shape index (κ2) is 6.31. The summed E-state index contributed by atoms with van der Waals surface area (Å²) >= 11 is 5.62. The van der Waals surface area contributed by atoms with E-state index in [1.807, 2.05) is 5.43 Å². The fraction of sp³-hybridized carbons (Fsp3) is 0.333. The minimum atomic E-state index is -4.95. The van der Waals surface area contributed by atoms with Gasteiger partial charge in [-0.2, -0.15) is 13.2 Å². The van der Waals surface area contributed by atoms with Crippen molar-refractivity contribution >= 4 is 23.4 Å². The van der Waals surface area contributed by atoms with Gasteiger partial charge in [0.1, 0.15) is 0 Å². The van der Waals surface area contributed by atoms with Crippen LogP contribution in [-0.2, 0) is 4.79 Å². The Labute approximate surface area is 123 Å². The molecule has 0 saturated heterocycles. The molecule has 9 heteroatoms. The van der Waals surface area contributed by atoms with E-state index in [2.05, 4.69) is 0 Å². The zero-order chi connectivity index (χ0) is 16.3. The van der Waals surface area contributed by atoms with Gasteiger partial charge in [-0.1, -0.05) is 11.6 Å². The standard InChI is InChI=1S/C12H12ClF3N2O3/c1-11(21,12(14,15)16)6-9(19)17-18-10(20)7-2-4-8(13)5-3-7/h2-5,21H,6H2,1H3,(H,17,19)(H,18,20)/t11-/m1/s1. The van der Waals surface area contributed by atoms with Crippen molar-refractivity contribution in [2.75, 3.05) is 0 Å². The number of rotatable bonds is 3. The lowest BCUT2D eigenvalue weighted by atomic mass is 10.0. The summed E-state index contributed by atoms with van der Waals surface area (Å²) in [4.78, 5) is 22.9. The number of hydrogen-bond donors (Lipinski definition) is 3. The molecule has 1 rings (SSSR count). The van der Waals surface area contributed by atoms with Gasteiger partial charge in [0, 0.05) is 10.6 Å². The Morgan fingerprint density at radius 1 is 1.19 bits per heavy atom. The van der Waals surface area contributed by atoms with Gasteiger partial charge in [-0.15, -0.1) is 0 Å². The molecule has 0 bridgehead atoms. The fourth-order valence-electron chi connectivity index (χ4n) is 1.26. The molecule has 0 aliphatic rings. The number of nitrogens with one attached hydrogen (secondary N) is 2. The Balaban J connectivity index is 2.54. The van der Waals surface area contributed by atoms with Crippen LogP contribution in [0, 0.1) is 0 Å². The Morgan fingerprint density at radius 2 is 1.71 bits per heavy atom. The van der Waals surface area contributed by atoms with Crippen LogP contribution in [0.2, 0.25) is 5.02 Å². The Bertz CT molecular complexity index is 530. The first-order valence-corrected chi connectivity index (χ1v) is 6.04. The number of aliphatic hydroxyl groups is 1. The number of amides is 2. The molecule has 1 aromatic carbocycles. The Morgan fingerprint density at radius 3 is 2.19 bits per heavy atom. The van der Waals surface area contributed by atoms with Gasteiger partial charge in [-0.3, -0.25) is 20.4 Å². The summed E-state index contributed by atoms with van der Waals surface area (Å²) in [6.07, 6.45) is -6.19. The van der Waals surface area contributed by atoms with E-state index >= 15 is 0 Å². The maximum Gasteiger partial charge on any atom is 0.417 e. The largest absolute Gasteiger partial charge is 0.417 e. The molecule has 0 spiro atoms. The molecule has 1 aromatic rings. The van der Waals surface area contributed by atoms with Crippen molar-refractivity contribution in [2.24, 2.45) is 0 Å². The maximum absolute atomic E-state index is 12.4. The van der Waals surface area contributed by atoms with Crippen LogP contribution in [0.4, 0.5) is 13.2 Å². The predicted octanol–water partition coefficient (Wildman–Crippen LogP) is 1.80. The summed E-state index contributed by atoms with van der Waals surface area (Å²) in [6, 6.07) is 5.62. The second-order valence-corrected chi connectivity index (χ2v) is 4.89. The molecule has 1 atom stereocenters. The first-order chi connectivity index (χ1) is 9.53. The highest BCUT2D eigenvalue weighted by atomic mass is 35.5. The van der Waals surface area contributed by atoms with Crippen molar-refractivity contribution in [2.45, 2.75) is 25.1 Å². The molecule has 2 amide bonds. The molecule has 3 N–H and O–H groups in total. The molecular weight excluding hydrogens is 313 g/mol. The molecule has 0 radical (unpaired) electrons. The quantitative estimate of drug-likeness (QED) is 0.742. The van der Waals surface area contributed by atoms with Crippen LogP contribution in [0.1, 0.15) is 23.7 Å². The van der Waals surface area contributed by atoms with E-state index in [1.54, 1.807) is 5.43 Å². The SMILES string of the molecule is C[C@@](O)(CC(=O)NNC(=O)c1ccc(Cl)cc1)C(F)(F)F. The average molecular weight is 325 g/mol. The lowest BCUT2D eigenvalue weighted by molar-refractivity contribution is -0.253. The van der Waals surface area contributed by atoms with E-state index in [0.29, 0.717) is 11.9 Å². The van der Waals surface area contributed by atoms with E-state index < -0.39 is 30.0 Å². The normalized spacial score (nSPS) is 14.2. The average Bonchev–Trinajstić information content (AvgIpc) is 2.35. The van der Waals surface area contributed by atoms with E-state index in [0.717, 1.165) is 0 Å². The van der Waals surface area contributed by atoms with Gasteiger partial charge in [-0.25, -0.2) is 0 Å².